The molecule has 0 radical (unpaired) electrons. The summed E-state index contributed by atoms with van der Waals surface area (Å²) in [5.41, 5.74) is 6.97. The maximum Gasteiger partial charge on any atom is 0.490 e. The fraction of sp³-hybridized carbons (Fsp3) is 0.667. The fourth-order valence-corrected chi connectivity index (χ4v) is 3.88. The molecule has 6 nitrogen and oxygen atoms in total. The molecule has 0 unspecified atom stereocenters. The minimum Gasteiger partial charge on any atom is -0.475 e. The second-order valence-electron chi connectivity index (χ2n) is 8.25. The van der Waals surface area contributed by atoms with Crippen molar-refractivity contribution in [3.8, 4) is 0 Å². The van der Waals surface area contributed by atoms with Crippen LogP contribution in [0.2, 0.25) is 0 Å². The topological polar surface area (TPSA) is 86.9 Å². The van der Waals surface area contributed by atoms with Crippen LogP contribution in [-0.4, -0.2) is 71.7 Å². The van der Waals surface area contributed by atoms with E-state index in [9.17, 15) is 18.0 Å². The number of carbonyl (C=O) groups excluding carboxylic acids is 1. The minimum absolute atomic E-state index is 0.326. The van der Waals surface area contributed by atoms with Gasteiger partial charge >= 0.3 is 12.1 Å². The number of rotatable bonds is 11. The number of amides is 1. The summed E-state index contributed by atoms with van der Waals surface area (Å²) in [6, 6.07) is 11.2. The van der Waals surface area contributed by atoms with Gasteiger partial charge in [0.15, 0.2) is 0 Å². The van der Waals surface area contributed by atoms with E-state index in [0.29, 0.717) is 18.4 Å². The number of halogens is 3. The molecule has 188 valence electrons. The Labute approximate surface area is 194 Å². The molecule has 1 aromatic carbocycles. The molecule has 33 heavy (non-hydrogen) atoms. The quantitative estimate of drug-likeness (QED) is 0.473. The van der Waals surface area contributed by atoms with E-state index in [2.05, 4.69) is 40.1 Å². The van der Waals surface area contributed by atoms with E-state index in [-0.39, 0.29) is 0 Å². The van der Waals surface area contributed by atoms with Crippen molar-refractivity contribution in [2.24, 2.45) is 5.73 Å². The monoisotopic (exact) mass is 473 g/mol. The largest absolute Gasteiger partial charge is 0.490 e. The Hall–Kier alpha value is -2.13. The number of piperidine rings is 1. The molecule has 1 fully saturated rings. The molecule has 1 aliphatic rings. The Bertz CT molecular complexity index is 679. The van der Waals surface area contributed by atoms with E-state index in [4.69, 9.17) is 15.6 Å². The first-order chi connectivity index (χ1) is 15.7. The highest BCUT2D eigenvalue weighted by atomic mass is 19.4. The van der Waals surface area contributed by atoms with Gasteiger partial charge in [-0.3, -0.25) is 4.79 Å². The van der Waals surface area contributed by atoms with Gasteiger partial charge in [-0.25, -0.2) is 4.79 Å². The van der Waals surface area contributed by atoms with Gasteiger partial charge in [-0.05, 0) is 44.2 Å². The number of carboxylic acids is 1. The molecular formula is C24H38F3N3O3. The lowest BCUT2D eigenvalue weighted by Crippen LogP contribution is -2.48. The zero-order chi connectivity index (χ0) is 24.7. The summed E-state index contributed by atoms with van der Waals surface area (Å²) in [4.78, 5) is 26.0. The molecule has 1 saturated heterocycles. The third kappa shape index (κ3) is 12.1. The molecule has 0 aliphatic carbocycles. The highest BCUT2D eigenvalue weighted by Crippen LogP contribution is 2.19. The van der Waals surface area contributed by atoms with Crippen LogP contribution in [0.3, 0.4) is 0 Å². The van der Waals surface area contributed by atoms with Crippen LogP contribution >= 0.6 is 0 Å². The number of aliphatic carboxylic acids is 1. The second kappa shape index (κ2) is 15.7. The number of benzene rings is 1. The number of carboxylic acid groups (broad SMARTS) is 1. The third-order valence-electron chi connectivity index (χ3n) is 5.78. The first kappa shape index (κ1) is 28.9. The number of likely N-dealkylation sites (tertiary alicyclic amines) is 1. The number of carbonyl (C=O) groups is 2. The summed E-state index contributed by atoms with van der Waals surface area (Å²) < 4.78 is 31.7. The molecule has 0 aromatic heterocycles. The predicted molar refractivity (Wildman–Crippen MR) is 123 cm³/mol. The molecule has 3 N–H and O–H groups in total. The van der Waals surface area contributed by atoms with Gasteiger partial charge in [0, 0.05) is 38.6 Å². The van der Waals surface area contributed by atoms with Crippen molar-refractivity contribution < 1.29 is 27.9 Å². The van der Waals surface area contributed by atoms with E-state index in [0.717, 1.165) is 64.8 Å². The number of hydrogen-bond donors (Lipinski definition) is 2. The minimum atomic E-state index is -5.08. The summed E-state index contributed by atoms with van der Waals surface area (Å²) in [6.07, 6.45) is 3.46. The predicted octanol–water partition coefficient (Wildman–Crippen LogP) is 4.08. The summed E-state index contributed by atoms with van der Waals surface area (Å²) in [5.74, 6) is -2.43. The number of hydrogen-bond acceptors (Lipinski definition) is 4. The SMILES string of the molecule is CCC(=O)N(CCCCCCN)C1CCN(CCc2ccccc2)CC1.O=C(O)C(F)(F)F. The lowest BCUT2D eigenvalue weighted by Gasteiger charge is -2.38. The van der Waals surface area contributed by atoms with E-state index in [1.807, 2.05) is 6.92 Å². The maximum absolute atomic E-state index is 12.4. The van der Waals surface area contributed by atoms with Gasteiger partial charge in [-0.1, -0.05) is 50.1 Å². The van der Waals surface area contributed by atoms with Crippen molar-refractivity contribution in [2.45, 2.75) is 70.5 Å². The first-order valence-corrected chi connectivity index (χ1v) is 11.7. The van der Waals surface area contributed by atoms with Crippen molar-refractivity contribution in [3.05, 3.63) is 35.9 Å². The molecule has 0 bridgehead atoms. The van der Waals surface area contributed by atoms with Gasteiger partial charge in [0.25, 0.3) is 0 Å². The Balaban J connectivity index is 0.000000675. The first-order valence-electron chi connectivity index (χ1n) is 11.7. The van der Waals surface area contributed by atoms with Crippen LogP contribution in [0.1, 0.15) is 57.4 Å². The third-order valence-corrected chi connectivity index (χ3v) is 5.78. The Morgan fingerprint density at radius 3 is 2.18 bits per heavy atom. The molecular weight excluding hydrogens is 435 g/mol. The molecule has 9 heteroatoms. The lowest BCUT2D eigenvalue weighted by atomic mass is 10.0. The number of alkyl halides is 3. The molecule has 1 aromatic rings. The molecule has 2 rings (SSSR count). The highest BCUT2D eigenvalue weighted by Gasteiger charge is 2.38. The highest BCUT2D eigenvalue weighted by molar-refractivity contribution is 5.76. The van der Waals surface area contributed by atoms with Crippen LogP contribution in [0.4, 0.5) is 13.2 Å². The van der Waals surface area contributed by atoms with Gasteiger partial charge in [0.2, 0.25) is 5.91 Å². The standard InChI is InChI=1S/C22H37N3O.C2HF3O2/c1-2-22(26)25(16-9-4-3-8-15-23)21-13-18-24(19-14-21)17-12-20-10-6-5-7-11-20;3-2(4,5)1(6)7/h5-7,10-11,21H,2-4,8-9,12-19,23H2,1H3;(H,6,7). The van der Waals surface area contributed by atoms with Crippen molar-refractivity contribution in [3.63, 3.8) is 0 Å². The van der Waals surface area contributed by atoms with E-state index in [1.54, 1.807) is 0 Å². The molecule has 1 aliphatic heterocycles. The Morgan fingerprint density at radius 1 is 1.09 bits per heavy atom. The van der Waals surface area contributed by atoms with Crippen molar-refractivity contribution in [2.75, 3.05) is 32.7 Å². The number of unbranched alkanes of at least 4 members (excludes halogenated alkanes) is 3. The van der Waals surface area contributed by atoms with Crippen LogP contribution in [0.5, 0.6) is 0 Å². The van der Waals surface area contributed by atoms with Gasteiger partial charge in [0.05, 0.1) is 0 Å². The molecule has 1 amide bonds. The van der Waals surface area contributed by atoms with Crippen LogP contribution in [0, 0.1) is 0 Å². The van der Waals surface area contributed by atoms with Gasteiger partial charge < -0.3 is 20.6 Å². The fourth-order valence-electron chi connectivity index (χ4n) is 3.88. The number of nitrogens with two attached hydrogens (primary N) is 1. The zero-order valence-corrected chi connectivity index (χ0v) is 19.5. The average Bonchev–Trinajstić information content (AvgIpc) is 2.80. The van der Waals surface area contributed by atoms with Crippen LogP contribution < -0.4 is 5.73 Å². The maximum atomic E-state index is 12.4. The van der Waals surface area contributed by atoms with Crippen molar-refractivity contribution in [1.82, 2.24) is 9.80 Å². The summed E-state index contributed by atoms with van der Waals surface area (Å²) in [5, 5.41) is 7.12. The molecule has 0 saturated carbocycles. The van der Waals surface area contributed by atoms with E-state index in [1.165, 1.54) is 18.4 Å². The normalized spacial score (nSPS) is 14.9. The summed E-state index contributed by atoms with van der Waals surface area (Å²) in [6.45, 7) is 7.03. The smallest absolute Gasteiger partial charge is 0.475 e. The number of nitrogens with zero attached hydrogens (tertiary/aromatic N) is 2. The zero-order valence-electron chi connectivity index (χ0n) is 19.5. The molecule has 0 spiro atoms. The summed E-state index contributed by atoms with van der Waals surface area (Å²) >= 11 is 0. The van der Waals surface area contributed by atoms with Gasteiger partial charge in [-0.2, -0.15) is 13.2 Å². The van der Waals surface area contributed by atoms with Crippen LogP contribution in [-0.2, 0) is 16.0 Å². The Morgan fingerprint density at radius 2 is 1.67 bits per heavy atom. The van der Waals surface area contributed by atoms with Crippen LogP contribution in [0.25, 0.3) is 0 Å². The van der Waals surface area contributed by atoms with Gasteiger partial charge in [-0.15, -0.1) is 0 Å². The van der Waals surface area contributed by atoms with Crippen molar-refractivity contribution in [1.29, 1.82) is 0 Å². The van der Waals surface area contributed by atoms with Crippen LogP contribution in [0.15, 0.2) is 30.3 Å². The van der Waals surface area contributed by atoms with E-state index < -0.39 is 12.1 Å². The van der Waals surface area contributed by atoms with E-state index >= 15 is 0 Å². The second-order valence-corrected chi connectivity index (χ2v) is 8.25. The van der Waals surface area contributed by atoms with Crippen molar-refractivity contribution >= 4 is 11.9 Å². The average molecular weight is 474 g/mol. The summed E-state index contributed by atoms with van der Waals surface area (Å²) in [7, 11) is 0. The lowest BCUT2D eigenvalue weighted by molar-refractivity contribution is -0.192. The molecule has 1 heterocycles. The Kier molecular flexibility index (Phi) is 13.7. The van der Waals surface area contributed by atoms with Gasteiger partial charge in [0.1, 0.15) is 0 Å². The molecule has 0 atom stereocenters.